The van der Waals surface area contributed by atoms with Gasteiger partial charge in [0.2, 0.25) is 5.91 Å². The van der Waals surface area contributed by atoms with Crippen molar-refractivity contribution in [2.45, 2.75) is 19.3 Å². The molecule has 4 rings (SSSR count). The second-order valence-electron chi connectivity index (χ2n) is 6.37. The number of piperazine rings is 1. The molecule has 0 bridgehead atoms. The minimum absolute atomic E-state index is 0.162. The molecule has 8 nitrogen and oxygen atoms in total. The van der Waals surface area contributed by atoms with Gasteiger partial charge in [0, 0.05) is 38.2 Å². The van der Waals surface area contributed by atoms with Gasteiger partial charge in [0.15, 0.2) is 5.82 Å². The smallest absolute Gasteiger partial charge is 0.226 e. The summed E-state index contributed by atoms with van der Waals surface area (Å²) in [6, 6.07) is 1.90. The van der Waals surface area contributed by atoms with Gasteiger partial charge in [-0.25, -0.2) is 19.6 Å². The van der Waals surface area contributed by atoms with Crippen LogP contribution in [0.3, 0.4) is 0 Å². The second kappa shape index (κ2) is 7.00. The Morgan fingerprint density at radius 2 is 1.88 bits per heavy atom. The zero-order chi connectivity index (χ0) is 17.1. The van der Waals surface area contributed by atoms with Crippen LogP contribution in [0.15, 0.2) is 37.2 Å². The lowest BCUT2D eigenvalue weighted by Gasteiger charge is -2.37. The second-order valence-corrected chi connectivity index (χ2v) is 6.37. The molecular formula is C17H21N7O. The summed E-state index contributed by atoms with van der Waals surface area (Å²) < 4.78 is 1.61. The summed E-state index contributed by atoms with van der Waals surface area (Å²) in [4.78, 5) is 29.4. The Kier molecular flexibility index (Phi) is 4.41. The number of carbonyl (C=O) groups excluding carboxylic acids is 1. The SMILES string of the molecule is O=C([C@H]1CC=CCC1)N1CCN(c2cc(-n3cncn3)ncn2)CC1. The van der Waals surface area contributed by atoms with Crippen molar-refractivity contribution in [2.24, 2.45) is 5.92 Å². The van der Waals surface area contributed by atoms with Gasteiger partial charge >= 0.3 is 0 Å². The van der Waals surface area contributed by atoms with Gasteiger partial charge in [0.05, 0.1) is 0 Å². The number of nitrogens with zero attached hydrogens (tertiary/aromatic N) is 7. The highest BCUT2D eigenvalue weighted by Crippen LogP contribution is 2.22. The molecule has 2 aromatic rings. The van der Waals surface area contributed by atoms with Crippen molar-refractivity contribution in [1.29, 1.82) is 0 Å². The molecule has 0 unspecified atom stereocenters. The van der Waals surface area contributed by atoms with E-state index in [-0.39, 0.29) is 5.92 Å². The minimum Gasteiger partial charge on any atom is -0.353 e. The first-order valence-corrected chi connectivity index (χ1v) is 8.67. The summed E-state index contributed by atoms with van der Waals surface area (Å²) in [5, 5.41) is 4.10. The van der Waals surface area contributed by atoms with E-state index in [4.69, 9.17) is 0 Å². The van der Waals surface area contributed by atoms with E-state index in [1.807, 2.05) is 11.0 Å². The number of rotatable bonds is 3. The number of allylic oxidation sites excluding steroid dienone is 2. The van der Waals surface area contributed by atoms with Crippen LogP contribution in [-0.4, -0.2) is 61.7 Å². The average Bonchev–Trinajstić information content (AvgIpc) is 3.23. The summed E-state index contributed by atoms with van der Waals surface area (Å²) in [5.74, 6) is 2.01. The molecule has 1 amide bonds. The molecule has 0 saturated carbocycles. The summed E-state index contributed by atoms with van der Waals surface area (Å²) in [6.45, 7) is 3.04. The number of aromatic nitrogens is 5. The van der Waals surface area contributed by atoms with E-state index in [2.05, 4.69) is 37.1 Å². The Bertz CT molecular complexity index is 750. The van der Waals surface area contributed by atoms with Crippen LogP contribution in [0.4, 0.5) is 5.82 Å². The summed E-state index contributed by atoms with van der Waals surface area (Å²) in [7, 11) is 0. The molecule has 8 heteroatoms. The van der Waals surface area contributed by atoms with Crippen LogP contribution >= 0.6 is 0 Å². The maximum atomic E-state index is 12.6. The third-order valence-corrected chi connectivity index (χ3v) is 4.83. The standard InChI is InChI=1S/C17H21N7O/c25-17(14-4-2-1-3-5-14)23-8-6-22(7-9-23)15-10-16(20-12-19-15)24-13-18-11-21-24/h1-2,10-14H,3-9H2/t14-/m0/s1. The lowest BCUT2D eigenvalue weighted by atomic mass is 9.93. The predicted molar refractivity (Wildman–Crippen MR) is 92.2 cm³/mol. The molecule has 1 fully saturated rings. The quantitative estimate of drug-likeness (QED) is 0.778. The highest BCUT2D eigenvalue weighted by atomic mass is 16.2. The number of amides is 1. The molecule has 2 aromatic heterocycles. The Hall–Kier alpha value is -2.77. The van der Waals surface area contributed by atoms with E-state index in [9.17, 15) is 4.79 Å². The number of hydrogen-bond donors (Lipinski definition) is 0. The summed E-state index contributed by atoms with van der Waals surface area (Å²) in [5.41, 5.74) is 0. The molecular weight excluding hydrogens is 318 g/mol. The van der Waals surface area contributed by atoms with Crippen molar-refractivity contribution in [3.63, 3.8) is 0 Å². The molecule has 1 aliphatic carbocycles. The average molecular weight is 339 g/mol. The number of anilines is 1. The zero-order valence-electron chi connectivity index (χ0n) is 14.0. The van der Waals surface area contributed by atoms with Gasteiger partial charge in [0.25, 0.3) is 0 Å². The molecule has 130 valence electrons. The van der Waals surface area contributed by atoms with Crippen LogP contribution in [0, 0.1) is 5.92 Å². The highest BCUT2D eigenvalue weighted by Gasteiger charge is 2.27. The van der Waals surface area contributed by atoms with E-state index in [1.165, 1.54) is 12.7 Å². The van der Waals surface area contributed by atoms with Crippen LogP contribution in [0.2, 0.25) is 0 Å². The zero-order valence-corrected chi connectivity index (χ0v) is 14.0. The van der Waals surface area contributed by atoms with Crippen molar-refractivity contribution in [2.75, 3.05) is 31.1 Å². The predicted octanol–water partition coefficient (Wildman–Crippen LogP) is 1.06. The molecule has 0 aromatic carbocycles. The molecule has 1 saturated heterocycles. The van der Waals surface area contributed by atoms with E-state index in [0.29, 0.717) is 11.7 Å². The summed E-state index contributed by atoms with van der Waals surface area (Å²) >= 11 is 0. The fraction of sp³-hybridized carbons (Fsp3) is 0.471. The van der Waals surface area contributed by atoms with Gasteiger partial charge in [-0.3, -0.25) is 4.79 Å². The number of carbonyl (C=O) groups is 1. The first-order valence-electron chi connectivity index (χ1n) is 8.67. The molecule has 0 N–H and O–H groups in total. The lowest BCUT2D eigenvalue weighted by Crippen LogP contribution is -2.50. The molecule has 0 radical (unpaired) electrons. The molecule has 25 heavy (non-hydrogen) atoms. The van der Waals surface area contributed by atoms with Crippen molar-refractivity contribution >= 4 is 11.7 Å². The number of hydrogen-bond acceptors (Lipinski definition) is 6. The first-order chi connectivity index (χ1) is 12.3. The van der Waals surface area contributed by atoms with Crippen molar-refractivity contribution in [1.82, 2.24) is 29.6 Å². The topological polar surface area (TPSA) is 80.0 Å². The molecule has 0 spiro atoms. The summed E-state index contributed by atoms with van der Waals surface area (Å²) in [6.07, 6.45) is 11.8. The molecule has 1 atom stereocenters. The van der Waals surface area contributed by atoms with Crippen LogP contribution in [0.1, 0.15) is 19.3 Å². The fourth-order valence-electron chi connectivity index (χ4n) is 3.39. The van der Waals surface area contributed by atoms with Crippen molar-refractivity contribution in [3.05, 3.63) is 37.2 Å². The van der Waals surface area contributed by atoms with E-state index < -0.39 is 0 Å². The Labute approximate surface area is 146 Å². The monoisotopic (exact) mass is 339 g/mol. The third kappa shape index (κ3) is 3.38. The molecule has 1 aliphatic heterocycles. The van der Waals surface area contributed by atoms with Crippen LogP contribution in [0.25, 0.3) is 5.82 Å². The Balaban J connectivity index is 1.39. The molecule has 2 aliphatic rings. The minimum atomic E-state index is 0.162. The fourth-order valence-corrected chi connectivity index (χ4v) is 3.39. The first kappa shape index (κ1) is 15.7. The van der Waals surface area contributed by atoms with E-state index in [1.54, 1.807) is 11.0 Å². The lowest BCUT2D eigenvalue weighted by molar-refractivity contribution is -0.136. The van der Waals surface area contributed by atoms with Crippen LogP contribution < -0.4 is 4.90 Å². The van der Waals surface area contributed by atoms with E-state index >= 15 is 0 Å². The maximum absolute atomic E-state index is 12.6. The van der Waals surface area contributed by atoms with Crippen LogP contribution in [0.5, 0.6) is 0 Å². The Morgan fingerprint density at radius 1 is 1.04 bits per heavy atom. The van der Waals surface area contributed by atoms with Gasteiger partial charge in [-0.2, -0.15) is 5.10 Å². The van der Waals surface area contributed by atoms with Crippen LogP contribution in [-0.2, 0) is 4.79 Å². The van der Waals surface area contributed by atoms with Gasteiger partial charge in [-0.1, -0.05) is 12.2 Å². The third-order valence-electron chi connectivity index (χ3n) is 4.83. The van der Waals surface area contributed by atoms with Gasteiger partial charge in [-0.05, 0) is 19.3 Å². The maximum Gasteiger partial charge on any atom is 0.226 e. The van der Waals surface area contributed by atoms with Crippen molar-refractivity contribution in [3.8, 4) is 5.82 Å². The normalized spacial score (nSPS) is 20.7. The van der Waals surface area contributed by atoms with E-state index in [0.717, 1.165) is 51.3 Å². The van der Waals surface area contributed by atoms with Crippen molar-refractivity contribution < 1.29 is 4.79 Å². The van der Waals surface area contributed by atoms with Gasteiger partial charge < -0.3 is 9.80 Å². The highest BCUT2D eigenvalue weighted by molar-refractivity contribution is 5.79. The molecule has 3 heterocycles. The Morgan fingerprint density at radius 3 is 2.60 bits per heavy atom. The largest absolute Gasteiger partial charge is 0.353 e. The van der Waals surface area contributed by atoms with Gasteiger partial charge in [-0.15, -0.1) is 0 Å². The van der Waals surface area contributed by atoms with Gasteiger partial charge in [0.1, 0.15) is 24.8 Å².